The van der Waals surface area contributed by atoms with Gasteiger partial charge in [-0.3, -0.25) is 4.79 Å². The molecule has 0 aliphatic rings. The van der Waals surface area contributed by atoms with E-state index >= 15 is 0 Å². The molecule has 1 aromatic heterocycles. The van der Waals surface area contributed by atoms with E-state index in [1.165, 1.54) is 6.92 Å². The molecule has 1 aromatic rings. The zero-order valence-corrected chi connectivity index (χ0v) is 11.2. The molecule has 0 spiro atoms. The van der Waals surface area contributed by atoms with E-state index in [2.05, 4.69) is 23.8 Å². The van der Waals surface area contributed by atoms with Gasteiger partial charge in [0, 0.05) is 13.1 Å². The zero-order chi connectivity index (χ0) is 13.5. The molecule has 1 heterocycles. The Balaban J connectivity index is 2.86. The molecule has 1 N–H and O–H groups in total. The predicted molar refractivity (Wildman–Crippen MR) is 73.2 cm³/mol. The van der Waals surface area contributed by atoms with Gasteiger partial charge in [-0.2, -0.15) is 0 Å². The zero-order valence-electron chi connectivity index (χ0n) is 11.2. The van der Waals surface area contributed by atoms with E-state index in [0.717, 1.165) is 24.0 Å². The number of rotatable bonds is 6. The molecule has 4 heteroatoms. The summed E-state index contributed by atoms with van der Waals surface area (Å²) in [7, 11) is 0. The van der Waals surface area contributed by atoms with Crippen LogP contribution in [0.5, 0.6) is 0 Å². The number of ether oxygens (including phenoxy) is 1. The molecule has 0 aliphatic heterocycles. The lowest BCUT2D eigenvalue weighted by atomic mass is 10.1. The van der Waals surface area contributed by atoms with Crippen molar-refractivity contribution >= 4 is 17.5 Å². The lowest BCUT2D eigenvalue weighted by molar-refractivity contribution is -0.114. The van der Waals surface area contributed by atoms with Crippen LogP contribution in [-0.4, -0.2) is 17.5 Å². The van der Waals surface area contributed by atoms with Gasteiger partial charge in [-0.05, 0) is 25.0 Å². The third-order valence-electron chi connectivity index (χ3n) is 2.39. The average Bonchev–Trinajstić information content (AvgIpc) is 2.31. The quantitative estimate of drug-likeness (QED) is 0.621. The van der Waals surface area contributed by atoms with E-state index in [4.69, 9.17) is 4.74 Å². The number of nitrogens with one attached hydrogen (secondary N) is 1. The highest BCUT2D eigenvalue weighted by Gasteiger charge is 2.10. The number of aryl methyl sites for hydroxylation is 1. The summed E-state index contributed by atoms with van der Waals surface area (Å²) < 4.78 is 5.56. The highest BCUT2D eigenvalue weighted by atomic mass is 16.5. The summed E-state index contributed by atoms with van der Waals surface area (Å²) in [6.45, 7) is 10.0. The molecule has 0 unspecified atom stereocenters. The molecule has 0 saturated carbocycles. The molecule has 0 bridgehead atoms. The van der Waals surface area contributed by atoms with E-state index in [9.17, 15) is 4.79 Å². The Morgan fingerprint density at radius 2 is 2.28 bits per heavy atom. The van der Waals surface area contributed by atoms with Crippen molar-refractivity contribution in [1.82, 2.24) is 4.98 Å². The summed E-state index contributed by atoms with van der Waals surface area (Å²) in [4.78, 5) is 15.3. The van der Waals surface area contributed by atoms with Crippen LogP contribution in [-0.2, 0) is 9.53 Å². The number of unbranched alkanes of at least 4 members (excludes halogenated alkanes) is 1. The molecule has 0 atom stereocenters. The van der Waals surface area contributed by atoms with Gasteiger partial charge in [0.15, 0.2) is 0 Å². The maximum Gasteiger partial charge on any atom is 0.222 e. The lowest BCUT2D eigenvalue weighted by Gasteiger charge is -2.13. The van der Waals surface area contributed by atoms with Gasteiger partial charge in [0.05, 0.1) is 12.2 Å². The van der Waals surface area contributed by atoms with Crippen LogP contribution in [0.4, 0.5) is 5.82 Å². The Kier molecular flexibility index (Phi) is 5.36. The lowest BCUT2D eigenvalue weighted by Crippen LogP contribution is -2.10. The standard InChI is InChI=1S/C14H20N2O2/c1-5-6-7-18-11(3)13-8-10(2)9-15-14(13)16-12(4)17/h8-9H,3,5-7H2,1-2,4H3,(H,15,16,17). The number of pyridine rings is 1. The van der Waals surface area contributed by atoms with Crippen LogP contribution in [0.2, 0.25) is 0 Å². The van der Waals surface area contributed by atoms with E-state index in [1.54, 1.807) is 6.20 Å². The fourth-order valence-electron chi connectivity index (χ4n) is 1.47. The highest BCUT2D eigenvalue weighted by Crippen LogP contribution is 2.23. The number of hydrogen-bond acceptors (Lipinski definition) is 3. The normalized spacial score (nSPS) is 9.94. The molecule has 1 rings (SSSR count). The monoisotopic (exact) mass is 248 g/mol. The first-order valence-electron chi connectivity index (χ1n) is 6.11. The molecule has 18 heavy (non-hydrogen) atoms. The second-order valence-electron chi connectivity index (χ2n) is 4.22. The van der Waals surface area contributed by atoms with Crippen molar-refractivity contribution in [2.45, 2.75) is 33.6 Å². The van der Waals surface area contributed by atoms with Gasteiger partial charge in [0.25, 0.3) is 0 Å². The van der Waals surface area contributed by atoms with Crippen LogP contribution < -0.4 is 5.32 Å². The minimum absolute atomic E-state index is 0.158. The number of amides is 1. The maximum absolute atomic E-state index is 11.1. The largest absolute Gasteiger partial charge is 0.493 e. The van der Waals surface area contributed by atoms with E-state index in [1.807, 2.05) is 13.0 Å². The number of nitrogens with zero attached hydrogens (tertiary/aromatic N) is 1. The second kappa shape index (κ2) is 6.79. The third-order valence-corrected chi connectivity index (χ3v) is 2.39. The van der Waals surface area contributed by atoms with Gasteiger partial charge in [-0.1, -0.05) is 19.9 Å². The Morgan fingerprint density at radius 3 is 2.89 bits per heavy atom. The van der Waals surface area contributed by atoms with Gasteiger partial charge in [-0.25, -0.2) is 4.98 Å². The minimum Gasteiger partial charge on any atom is -0.493 e. The van der Waals surface area contributed by atoms with Crippen LogP contribution in [0.1, 0.15) is 37.8 Å². The molecule has 0 fully saturated rings. The third kappa shape index (κ3) is 4.20. The Bertz CT molecular complexity index is 441. The summed E-state index contributed by atoms with van der Waals surface area (Å²) in [5, 5.41) is 2.68. The van der Waals surface area contributed by atoms with Crippen LogP contribution >= 0.6 is 0 Å². The van der Waals surface area contributed by atoms with Gasteiger partial charge in [0.1, 0.15) is 11.6 Å². The van der Waals surface area contributed by atoms with Crippen LogP contribution in [0.25, 0.3) is 5.76 Å². The first kappa shape index (κ1) is 14.2. The summed E-state index contributed by atoms with van der Waals surface area (Å²) in [6, 6.07) is 1.91. The number of carbonyl (C=O) groups is 1. The molecular formula is C14H20N2O2. The van der Waals surface area contributed by atoms with Crippen molar-refractivity contribution in [2.24, 2.45) is 0 Å². The maximum atomic E-state index is 11.1. The number of hydrogen-bond donors (Lipinski definition) is 1. The van der Waals surface area contributed by atoms with E-state index < -0.39 is 0 Å². The van der Waals surface area contributed by atoms with Crippen LogP contribution in [0.15, 0.2) is 18.8 Å². The molecule has 0 aromatic carbocycles. The van der Waals surface area contributed by atoms with Crippen LogP contribution in [0, 0.1) is 6.92 Å². The molecule has 1 amide bonds. The van der Waals surface area contributed by atoms with E-state index in [-0.39, 0.29) is 5.91 Å². The summed E-state index contributed by atoms with van der Waals surface area (Å²) in [5.41, 5.74) is 1.74. The summed E-state index contributed by atoms with van der Waals surface area (Å²) in [6.07, 6.45) is 3.75. The average molecular weight is 248 g/mol. The summed E-state index contributed by atoms with van der Waals surface area (Å²) >= 11 is 0. The first-order chi connectivity index (χ1) is 8.54. The van der Waals surface area contributed by atoms with Crippen molar-refractivity contribution in [2.75, 3.05) is 11.9 Å². The number of carbonyl (C=O) groups excluding carboxylic acids is 1. The Hall–Kier alpha value is -1.84. The Morgan fingerprint density at radius 1 is 1.56 bits per heavy atom. The Labute approximate surface area is 108 Å². The van der Waals surface area contributed by atoms with Gasteiger partial charge < -0.3 is 10.1 Å². The van der Waals surface area contributed by atoms with Crippen LogP contribution in [0.3, 0.4) is 0 Å². The first-order valence-corrected chi connectivity index (χ1v) is 6.11. The topological polar surface area (TPSA) is 51.2 Å². The predicted octanol–water partition coefficient (Wildman–Crippen LogP) is 3.14. The fraction of sp³-hybridized carbons (Fsp3) is 0.429. The molecule has 0 radical (unpaired) electrons. The van der Waals surface area contributed by atoms with E-state index in [0.29, 0.717) is 18.2 Å². The smallest absolute Gasteiger partial charge is 0.222 e. The van der Waals surface area contributed by atoms with Crippen molar-refractivity contribution < 1.29 is 9.53 Å². The highest BCUT2D eigenvalue weighted by molar-refractivity contribution is 5.90. The molecule has 98 valence electrons. The van der Waals surface area contributed by atoms with Gasteiger partial charge in [-0.15, -0.1) is 0 Å². The number of anilines is 1. The molecule has 4 nitrogen and oxygen atoms in total. The van der Waals surface area contributed by atoms with Crippen molar-refractivity contribution in [3.05, 3.63) is 30.0 Å². The second-order valence-corrected chi connectivity index (χ2v) is 4.22. The van der Waals surface area contributed by atoms with Crippen molar-refractivity contribution in [3.8, 4) is 0 Å². The molecule has 0 saturated heterocycles. The molecule has 0 aliphatic carbocycles. The minimum atomic E-state index is -0.158. The van der Waals surface area contributed by atoms with Gasteiger partial charge in [0.2, 0.25) is 5.91 Å². The SMILES string of the molecule is C=C(OCCCC)c1cc(C)cnc1NC(C)=O. The van der Waals surface area contributed by atoms with Crippen molar-refractivity contribution in [1.29, 1.82) is 0 Å². The van der Waals surface area contributed by atoms with Crippen molar-refractivity contribution in [3.63, 3.8) is 0 Å². The number of aromatic nitrogens is 1. The molecular weight excluding hydrogens is 228 g/mol. The summed E-state index contributed by atoms with van der Waals surface area (Å²) in [5.74, 6) is 0.881. The fourth-order valence-corrected chi connectivity index (χ4v) is 1.47. The van der Waals surface area contributed by atoms with Gasteiger partial charge >= 0.3 is 0 Å².